The van der Waals surface area contributed by atoms with Crippen LogP contribution in [-0.2, 0) is 4.79 Å². The van der Waals surface area contributed by atoms with E-state index in [1.165, 1.54) is 0 Å². The highest BCUT2D eigenvalue weighted by Crippen LogP contribution is 2.20. The second-order valence-corrected chi connectivity index (χ2v) is 4.16. The average molecular weight is 208 g/mol. The molecule has 0 aliphatic carbocycles. The van der Waals surface area contributed by atoms with Crippen molar-refractivity contribution < 1.29 is 30.3 Å². The molecule has 12 heavy (non-hydrogen) atoms. The zero-order valence-corrected chi connectivity index (χ0v) is 6.99. The minimum Gasteiger partial charge on any atom is -0.365 e. The molecule has 0 spiro atoms. The molecule has 0 fully saturated rings. The Hall–Kier alpha value is -0.523. The van der Waals surface area contributed by atoms with Gasteiger partial charge in [-0.1, -0.05) is 19.4 Å². The van der Waals surface area contributed by atoms with Crippen LogP contribution in [0.2, 0.25) is 19.4 Å². The number of hydrogen-bond acceptors (Lipinski definition) is 1. The van der Waals surface area contributed by atoms with Crippen molar-refractivity contribution >= 4 is 14.1 Å². The summed E-state index contributed by atoms with van der Waals surface area (Å²) in [5, 5.41) is 0. The number of alkyl halides is 3. The lowest BCUT2D eigenvalue weighted by Crippen LogP contribution is -2.51. The van der Waals surface area contributed by atoms with Crippen molar-refractivity contribution in [2.24, 2.45) is 0 Å². The Labute approximate surface area is 83.1 Å². The van der Waals surface area contributed by atoms with E-state index in [1.54, 1.807) is 0 Å². The quantitative estimate of drug-likeness (QED) is 0.602. The molecule has 0 aliphatic heterocycles. The second kappa shape index (κ2) is 3.08. The maximum absolute atomic E-state index is 12.5. The van der Waals surface area contributed by atoms with E-state index in [-0.39, 0.29) is 7.05 Å². The molecular weight excluding hydrogens is 187 g/mol. The zero-order chi connectivity index (χ0) is 17.7. The van der Waals surface area contributed by atoms with Crippen molar-refractivity contribution in [3.05, 3.63) is 0 Å². The molecule has 0 atom stereocenters. The van der Waals surface area contributed by atoms with Crippen LogP contribution < -0.4 is 0 Å². The van der Waals surface area contributed by atoms with Crippen molar-refractivity contribution in [3.63, 3.8) is 0 Å². The van der Waals surface area contributed by atoms with Gasteiger partial charge in [0, 0.05) is 19.4 Å². The maximum atomic E-state index is 12.5. The van der Waals surface area contributed by atoms with Gasteiger partial charge in [0.05, 0.1) is 0 Å². The molecule has 0 saturated heterocycles. The third-order valence-corrected chi connectivity index (χ3v) is 2.26. The van der Waals surface area contributed by atoms with E-state index in [4.69, 9.17) is 12.3 Å². The van der Waals surface area contributed by atoms with Crippen molar-refractivity contribution in [2.75, 3.05) is 7.05 Å². The molecule has 72 valence electrons. The monoisotopic (exact) mass is 208 g/mol. The van der Waals surface area contributed by atoms with E-state index in [1.807, 2.05) is 0 Å². The molecule has 0 aromatic heterocycles. The standard InChI is InChI=1S/C6H12F3NOSi/c1-10(12(2,3)4)5(11)6(7,8)9/h1-4H3/i2D3,3D3,4D3. The van der Waals surface area contributed by atoms with Gasteiger partial charge in [0.1, 0.15) is 0 Å². The summed E-state index contributed by atoms with van der Waals surface area (Å²) < 4.78 is 102. The first-order chi connectivity index (χ1) is 8.82. The molecule has 0 aromatic carbocycles. The van der Waals surface area contributed by atoms with Crippen LogP contribution in [0.15, 0.2) is 0 Å². The normalized spacial score (nSPS) is 27.2. The predicted molar refractivity (Wildman–Crippen MR) is 42.2 cm³/mol. The number of nitrogens with zero attached hydrogens (tertiary/aromatic N) is 1. The summed E-state index contributed by atoms with van der Waals surface area (Å²) in [5.41, 5.74) is 0. The molecule has 0 aliphatic rings. The zero-order valence-electron chi connectivity index (χ0n) is 15.0. The van der Waals surface area contributed by atoms with Crippen LogP contribution in [0.3, 0.4) is 0 Å². The molecule has 0 saturated carbocycles. The molecule has 0 rings (SSSR count). The predicted octanol–water partition coefficient (Wildman–Crippen LogP) is 1.84. The van der Waals surface area contributed by atoms with Crippen LogP contribution in [0.4, 0.5) is 13.2 Å². The number of carbonyl (C=O) groups is 1. The fourth-order valence-electron chi connectivity index (χ4n) is 0.342. The summed E-state index contributed by atoms with van der Waals surface area (Å²) in [6.45, 7) is -11.3. The van der Waals surface area contributed by atoms with Gasteiger partial charge in [-0.25, -0.2) is 0 Å². The summed E-state index contributed by atoms with van der Waals surface area (Å²) in [4.78, 5) is 11.2. The highest BCUT2D eigenvalue weighted by molar-refractivity contribution is 6.75. The smallest absolute Gasteiger partial charge is 0.365 e. The molecule has 0 radical (unpaired) electrons. The fraction of sp³-hybridized carbons (Fsp3) is 0.833. The summed E-state index contributed by atoms with van der Waals surface area (Å²) >= 11 is 0. The van der Waals surface area contributed by atoms with E-state index in [0.717, 1.165) is 0 Å². The summed E-state index contributed by atoms with van der Waals surface area (Å²) in [5.74, 6) is -2.81. The van der Waals surface area contributed by atoms with Crippen molar-refractivity contribution in [3.8, 4) is 0 Å². The van der Waals surface area contributed by atoms with Gasteiger partial charge in [-0.05, 0) is 0 Å². The van der Waals surface area contributed by atoms with Crippen LogP contribution in [0.5, 0.6) is 0 Å². The van der Waals surface area contributed by atoms with Crippen LogP contribution in [-0.4, -0.2) is 31.9 Å². The van der Waals surface area contributed by atoms with Crippen molar-refractivity contribution in [1.82, 2.24) is 4.57 Å². The van der Waals surface area contributed by atoms with Gasteiger partial charge < -0.3 is 4.57 Å². The molecule has 0 N–H and O–H groups in total. The topological polar surface area (TPSA) is 20.3 Å². The molecule has 0 bridgehead atoms. The van der Waals surface area contributed by atoms with Crippen LogP contribution in [0.1, 0.15) is 12.3 Å². The van der Waals surface area contributed by atoms with Gasteiger partial charge >= 0.3 is 12.1 Å². The third kappa shape index (κ3) is 2.84. The van der Waals surface area contributed by atoms with Crippen LogP contribution >= 0.6 is 0 Å². The average Bonchev–Trinajstić information content (AvgIpc) is 2.07. The number of rotatable bonds is 1. The molecule has 2 nitrogen and oxygen atoms in total. The molecular formula is C6H12F3NOSi. The maximum Gasteiger partial charge on any atom is 0.470 e. The number of amides is 1. The number of halogens is 3. The minimum absolute atomic E-state index is 0.257. The largest absolute Gasteiger partial charge is 0.470 e. The first kappa shape index (κ1) is 3.32. The van der Waals surface area contributed by atoms with Crippen LogP contribution in [0.25, 0.3) is 0 Å². The van der Waals surface area contributed by atoms with Gasteiger partial charge in [0.25, 0.3) is 0 Å². The molecule has 0 unspecified atom stereocenters. The Balaban J connectivity index is 6.52. The Morgan fingerprint density at radius 3 is 2.08 bits per heavy atom. The minimum atomic E-state index is -5.91. The van der Waals surface area contributed by atoms with Crippen molar-refractivity contribution in [1.29, 1.82) is 0 Å². The van der Waals surface area contributed by atoms with Gasteiger partial charge in [-0.15, -0.1) is 0 Å². The first-order valence-corrected chi connectivity index (χ1v) is 4.61. The second-order valence-electron chi connectivity index (χ2n) is 2.07. The molecule has 1 amide bonds. The number of hydrogen-bond donors (Lipinski definition) is 0. The van der Waals surface area contributed by atoms with Crippen LogP contribution in [0, 0.1) is 0 Å². The van der Waals surface area contributed by atoms with E-state index >= 15 is 0 Å². The van der Waals surface area contributed by atoms with Gasteiger partial charge in [0.2, 0.25) is 0 Å². The number of carbonyl (C=O) groups excluding carboxylic acids is 1. The lowest BCUT2D eigenvalue weighted by molar-refractivity contribution is -0.179. The summed E-state index contributed by atoms with van der Waals surface area (Å²) in [7, 11) is -5.66. The van der Waals surface area contributed by atoms with E-state index in [2.05, 4.69) is 0 Å². The molecule has 0 heterocycles. The van der Waals surface area contributed by atoms with Gasteiger partial charge in [-0.3, -0.25) is 4.79 Å². The van der Waals surface area contributed by atoms with E-state index in [9.17, 15) is 18.0 Å². The fourth-order valence-corrected chi connectivity index (χ4v) is 0.774. The Morgan fingerprint density at radius 2 is 1.83 bits per heavy atom. The highest BCUT2D eigenvalue weighted by atomic mass is 28.3. The lowest BCUT2D eigenvalue weighted by Gasteiger charge is -2.30. The third-order valence-electron chi connectivity index (χ3n) is 1.05. The van der Waals surface area contributed by atoms with E-state index in [0.29, 0.717) is 0 Å². The van der Waals surface area contributed by atoms with Crippen molar-refractivity contribution in [2.45, 2.75) is 25.6 Å². The highest BCUT2D eigenvalue weighted by Gasteiger charge is 2.44. The lowest BCUT2D eigenvalue weighted by atomic mass is 10.6. The Bertz CT molecular complexity index is 376. The van der Waals surface area contributed by atoms with E-state index < -0.39 is 44.3 Å². The SMILES string of the molecule is [2H]C([2H])([2H])[Si](N(C)C(=O)C(F)(F)F)(C([2H])([2H])[2H])C([2H])([2H])[2H]. The summed E-state index contributed by atoms with van der Waals surface area (Å²) in [6.07, 6.45) is -5.59. The molecule has 6 heteroatoms. The summed E-state index contributed by atoms with van der Waals surface area (Å²) in [6, 6.07) is 0. The Morgan fingerprint density at radius 1 is 1.42 bits per heavy atom. The Kier molecular flexibility index (Phi) is 0.853. The molecule has 0 aromatic rings. The van der Waals surface area contributed by atoms with Gasteiger partial charge in [-0.2, -0.15) is 13.2 Å². The van der Waals surface area contributed by atoms with Gasteiger partial charge in [0.15, 0.2) is 8.24 Å². The first-order valence-electron chi connectivity index (χ1n) is 7.17.